The molecule has 1 aromatic rings. The second-order valence-corrected chi connectivity index (χ2v) is 3.98. The summed E-state index contributed by atoms with van der Waals surface area (Å²) in [6.07, 6.45) is -0.217. The number of aliphatic hydroxyl groups excluding tert-OH is 1. The molecule has 0 bridgehead atoms. The van der Waals surface area contributed by atoms with Gasteiger partial charge in [0.1, 0.15) is 11.9 Å². The molecule has 0 radical (unpaired) electrons. The minimum Gasteiger partial charge on any atom is -0.484 e. The first-order valence-electron chi connectivity index (χ1n) is 5.22. The standard InChI is InChI=1S/C12H14N2O2/c1-8-12(7-15)16-11-4-3-9(6-13)5-10(11)14(8)2/h3-5,8,12,15H,7H2,1-2H3. The van der Waals surface area contributed by atoms with Crippen LogP contribution in [0.1, 0.15) is 12.5 Å². The van der Waals surface area contributed by atoms with Crippen molar-refractivity contribution in [2.24, 2.45) is 0 Å². The van der Waals surface area contributed by atoms with Crippen molar-refractivity contribution in [3.63, 3.8) is 0 Å². The van der Waals surface area contributed by atoms with E-state index in [1.54, 1.807) is 18.2 Å². The van der Waals surface area contributed by atoms with Crippen LogP contribution in [0.4, 0.5) is 5.69 Å². The molecule has 4 heteroatoms. The van der Waals surface area contributed by atoms with Crippen LogP contribution in [0.5, 0.6) is 5.75 Å². The van der Waals surface area contributed by atoms with E-state index in [9.17, 15) is 5.11 Å². The lowest BCUT2D eigenvalue weighted by Gasteiger charge is -2.39. The summed E-state index contributed by atoms with van der Waals surface area (Å²) in [6, 6.07) is 7.50. The fourth-order valence-corrected chi connectivity index (χ4v) is 1.88. The van der Waals surface area contributed by atoms with Gasteiger partial charge in [-0.25, -0.2) is 0 Å². The molecule has 1 N–H and O–H groups in total. The van der Waals surface area contributed by atoms with E-state index in [0.29, 0.717) is 5.56 Å². The molecule has 0 aliphatic carbocycles. The van der Waals surface area contributed by atoms with E-state index in [1.165, 1.54) is 0 Å². The third kappa shape index (κ3) is 1.59. The Kier molecular flexibility index (Phi) is 2.71. The van der Waals surface area contributed by atoms with Gasteiger partial charge in [0.25, 0.3) is 0 Å². The van der Waals surface area contributed by atoms with Crippen molar-refractivity contribution in [3.8, 4) is 11.8 Å². The highest BCUT2D eigenvalue weighted by molar-refractivity contribution is 5.63. The van der Waals surface area contributed by atoms with Gasteiger partial charge in [0.05, 0.1) is 30.0 Å². The van der Waals surface area contributed by atoms with Gasteiger partial charge in [-0.05, 0) is 25.1 Å². The predicted octanol–water partition coefficient (Wildman–Crippen LogP) is 1.14. The van der Waals surface area contributed by atoms with Gasteiger partial charge in [-0.1, -0.05) is 0 Å². The molecule has 0 fully saturated rings. The Hall–Kier alpha value is -1.73. The van der Waals surface area contributed by atoms with E-state index in [-0.39, 0.29) is 18.8 Å². The number of nitrogens with zero attached hydrogens (tertiary/aromatic N) is 2. The summed E-state index contributed by atoms with van der Waals surface area (Å²) in [5, 5.41) is 18.0. The maximum atomic E-state index is 9.20. The molecule has 2 atom stereocenters. The molecule has 0 saturated carbocycles. The molecular weight excluding hydrogens is 204 g/mol. The number of hydrogen-bond acceptors (Lipinski definition) is 4. The Morgan fingerprint density at radius 3 is 2.94 bits per heavy atom. The minimum atomic E-state index is -0.217. The maximum Gasteiger partial charge on any atom is 0.143 e. The summed E-state index contributed by atoms with van der Waals surface area (Å²) < 4.78 is 5.66. The van der Waals surface area contributed by atoms with Crippen molar-refractivity contribution in [2.75, 3.05) is 18.6 Å². The van der Waals surface area contributed by atoms with E-state index in [0.717, 1.165) is 11.4 Å². The van der Waals surface area contributed by atoms with Gasteiger partial charge < -0.3 is 14.7 Å². The molecule has 0 aromatic heterocycles. The van der Waals surface area contributed by atoms with Gasteiger partial charge in [-0.3, -0.25) is 0 Å². The number of benzene rings is 1. The lowest BCUT2D eigenvalue weighted by atomic mass is 10.1. The molecule has 1 aromatic carbocycles. The average molecular weight is 218 g/mol. The summed E-state index contributed by atoms with van der Waals surface area (Å²) >= 11 is 0. The van der Waals surface area contributed by atoms with Gasteiger partial charge in [-0.2, -0.15) is 5.26 Å². The van der Waals surface area contributed by atoms with Gasteiger partial charge in [0.15, 0.2) is 0 Å². The number of nitriles is 1. The third-order valence-electron chi connectivity index (χ3n) is 3.08. The van der Waals surface area contributed by atoms with Gasteiger partial charge in [-0.15, -0.1) is 0 Å². The van der Waals surface area contributed by atoms with Crippen LogP contribution in [0.2, 0.25) is 0 Å². The van der Waals surface area contributed by atoms with E-state index in [1.807, 2.05) is 18.9 Å². The molecule has 4 nitrogen and oxygen atoms in total. The van der Waals surface area contributed by atoms with E-state index >= 15 is 0 Å². The molecule has 0 saturated heterocycles. The smallest absolute Gasteiger partial charge is 0.143 e. The van der Waals surface area contributed by atoms with Gasteiger partial charge in [0, 0.05) is 7.05 Å². The highest BCUT2D eigenvalue weighted by Gasteiger charge is 2.30. The van der Waals surface area contributed by atoms with Crippen molar-refractivity contribution in [2.45, 2.75) is 19.1 Å². The van der Waals surface area contributed by atoms with Gasteiger partial charge >= 0.3 is 0 Å². The number of fused-ring (bicyclic) bond motifs is 1. The number of likely N-dealkylation sites (N-methyl/N-ethyl adjacent to an activating group) is 1. The van der Waals surface area contributed by atoms with Crippen molar-refractivity contribution in [1.82, 2.24) is 0 Å². The van der Waals surface area contributed by atoms with Crippen LogP contribution in [-0.4, -0.2) is 30.9 Å². The SMILES string of the molecule is CC1C(CO)Oc2ccc(C#N)cc2N1C. The van der Waals surface area contributed by atoms with Crippen LogP contribution in [0.25, 0.3) is 0 Å². The number of ether oxygens (including phenoxy) is 1. The molecular formula is C12H14N2O2. The van der Waals surface area contributed by atoms with Crippen LogP contribution in [0, 0.1) is 11.3 Å². The van der Waals surface area contributed by atoms with Crippen LogP contribution in [-0.2, 0) is 0 Å². The largest absolute Gasteiger partial charge is 0.484 e. The van der Waals surface area contributed by atoms with Crippen molar-refractivity contribution < 1.29 is 9.84 Å². The Balaban J connectivity index is 2.43. The fourth-order valence-electron chi connectivity index (χ4n) is 1.88. The monoisotopic (exact) mass is 218 g/mol. The van der Waals surface area contributed by atoms with Gasteiger partial charge in [0.2, 0.25) is 0 Å². The van der Waals surface area contributed by atoms with E-state index in [4.69, 9.17) is 10.00 Å². The minimum absolute atomic E-state index is 0.00898. The summed E-state index contributed by atoms with van der Waals surface area (Å²) in [5.41, 5.74) is 1.51. The molecule has 0 amide bonds. The quantitative estimate of drug-likeness (QED) is 0.768. The Morgan fingerprint density at radius 1 is 1.56 bits per heavy atom. The highest BCUT2D eigenvalue weighted by atomic mass is 16.5. The summed E-state index contributed by atoms with van der Waals surface area (Å²) in [6.45, 7) is 1.98. The Labute approximate surface area is 94.7 Å². The van der Waals surface area contributed by atoms with E-state index in [2.05, 4.69) is 6.07 Å². The number of hydrogen-bond donors (Lipinski definition) is 1. The van der Waals surface area contributed by atoms with Crippen LogP contribution in [0.15, 0.2) is 18.2 Å². The Morgan fingerprint density at radius 2 is 2.31 bits per heavy atom. The molecule has 16 heavy (non-hydrogen) atoms. The summed E-state index contributed by atoms with van der Waals surface area (Å²) in [5.74, 6) is 0.721. The fraction of sp³-hybridized carbons (Fsp3) is 0.417. The zero-order valence-corrected chi connectivity index (χ0v) is 9.34. The summed E-state index contributed by atoms with van der Waals surface area (Å²) in [7, 11) is 1.94. The zero-order valence-electron chi connectivity index (χ0n) is 9.34. The third-order valence-corrected chi connectivity index (χ3v) is 3.08. The van der Waals surface area contributed by atoms with Crippen molar-refractivity contribution >= 4 is 5.69 Å². The molecule has 2 unspecified atom stereocenters. The lowest BCUT2D eigenvalue weighted by molar-refractivity contribution is 0.0889. The first kappa shape index (κ1) is 10.8. The second kappa shape index (κ2) is 4.03. The topological polar surface area (TPSA) is 56.5 Å². The number of rotatable bonds is 1. The zero-order chi connectivity index (χ0) is 11.7. The predicted molar refractivity (Wildman–Crippen MR) is 60.5 cm³/mol. The van der Waals surface area contributed by atoms with Crippen molar-refractivity contribution in [3.05, 3.63) is 23.8 Å². The first-order valence-corrected chi connectivity index (χ1v) is 5.22. The maximum absolute atomic E-state index is 9.20. The molecule has 1 heterocycles. The molecule has 1 aliphatic rings. The second-order valence-electron chi connectivity index (χ2n) is 3.98. The molecule has 1 aliphatic heterocycles. The van der Waals surface area contributed by atoms with E-state index < -0.39 is 0 Å². The number of aliphatic hydroxyl groups is 1. The highest BCUT2D eigenvalue weighted by Crippen LogP contribution is 2.35. The lowest BCUT2D eigenvalue weighted by Crippen LogP contribution is -2.47. The average Bonchev–Trinajstić information content (AvgIpc) is 2.33. The molecule has 2 rings (SSSR count). The Bertz CT molecular complexity index is 439. The normalized spacial score (nSPS) is 23.2. The summed E-state index contributed by atoms with van der Waals surface area (Å²) in [4.78, 5) is 2.03. The molecule has 0 spiro atoms. The molecule has 84 valence electrons. The van der Waals surface area contributed by atoms with Crippen LogP contribution in [0.3, 0.4) is 0 Å². The van der Waals surface area contributed by atoms with Crippen LogP contribution < -0.4 is 9.64 Å². The van der Waals surface area contributed by atoms with Crippen molar-refractivity contribution in [1.29, 1.82) is 5.26 Å². The van der Waals surface area contributed by atoms with Crippen LogP contribution >= 0.6 is 0 Å². The number of anilines is 1. The first-order chi connectivity index (χ1) is 7.67.